The molecule has 0 bridgehead atoms. The fraction of sp³-hybridized carbons (Fsp3) is 0.588. The first-order valence-electron chi connectivity index (χ1n) is 8.25. The number of carbonyl (C=O) groups excluding carboxylic acids is 1. The first-order chi connectivity index (χ1) is 11.2. The number of aromatic amines is 1. The molecule has 0 aliphatic carbocycles. The summed E-state index contributed by atoms with van der Waals surface area (Å²) < 4.78 is 1.81. The van der Waals surface area contributed by atoms with Crippen molar-refractivity contribution in [3.8, 4) is 11.3 Å². The van der Waals surface area contributed by atoms with E-state index in [9.17, 15) is 4.79 Å². The van der Waals surface area contributed by atoms with Gasteiger partial charge in [0.25, 0.3) is 5.91 Å². The molecule has 0 saturated carbocycles. The molecule has 2 aromatic heterocycles. The molecular formula is C17H29ClN6O. The van der Waals surface area contributed by atoms with Crippen molar-refractivity contribution in [2.45, 2.75) is 46.6 Å². The number of amides is 1. The molecule has 1 unspecified atom stereocenters. The number of nitrogens with two attached hydrogens (primary N) is 1. The number of H-pyrrole nitrogens is 1. The van der Waals surface area contributed by atoms with Gasteiger partial charge in [-0.3, -0.25) is 14.6 Å². The second kappa shape index (κ2) is 8.01. The average Bonchev–Trinajstić information content (AvgIpc) is 3.04. The van der Waals surface area contributed by atoms with E-state index in [2.05, 4.69) is 34.5 Å². The molecule has 0 saturated heterocycles. The van der Waals surface area contributed by atoms with E-state index in [0.717, 1.165) is 29.1 Å². The zero-order valence-electron chi connectivity index (χ0n) is 15.8. The van der Waals surface area contributed by atoms with Crippen molar-refractivity contribution in [2.24, 2.45) is 18.7 Å². The van der Waals surface area contributed by atoms with Crippen molar-refractivity contribution in [2.75, 3.05) is 6.54 Å². The highest BCUT2D eigenvalue weighted by Crippen LogP contribution is 2.25. The zero-order valence-corrected chi connectivity index (χ0v) is 16.6. The topological polar surface area (TPSA) is 102 Å². The van der Waals surface area contributed by atoms with Gasteiger partial charge in [-0.1, -0.05) is 13.8 Å². The van der Waals surface area contributed by atoms with E-state index in [1.807, 2.05) is 32.5 Å². The Bertz CT molecular complexity index is 736. The van der Waals surface area contributed by atoms with Gasteiger partial charge in [0.05, 0.1) is 16.9 Å². The van der Waals surface area contributed by atoms with Crippen LogP contribution < -0.4 is 11.1 Å². The van der Waals surface area contributed by atoms with E-state index in [0.29, 0.717) is 18.2 Å². The van der Waals surface area contributed by atoms with Gasteiger partial charge in [0, 0.05) is 24.8 Å². The highest BCUT2D eigenvalue weighted by atomic mass is 35.5. The van der Waals surface area contributed by atoms with Gasteiger partial charge in [-0.25, -0.2) is 0 Å². The first-order valence-corrected chi connectivity index (χ1v) is 8.25. The number of rotatable bonds is 6. The van der Waals surface area contributed by atoms with Gasteiger partial charge in [-0.2, -0.15) is 10.2 Å². The predicted octanol–water partition coefficient (Wildman–Crippen LogP) is 2.34. The van der Waals surface area contributed by atoms with Crippen LogP contribution in [0.25, 0.3) is 11.3 Å². The molecule has 0 aromatic carbocycles. The molecule has 0 radical (unpaired) electrons. The lowest BCUT2D eigenvalue weighted by Crippen LogP contribution is -2.52. The second-order valence-corrected chi connectivity index (χ2v) is 7.15. The Balaban J connectivity index is 0.00000312. The van der Waals surface area contributed by atoms with Gasteiger partial charge in [0.1, 0.15) is 5.69 Å². The van der Waals surface area contributed by atoms with Crippen LogP contribution in [0.5, 0.6) is 0 Å². The maximum atomic E-state index is 12.6. The minimum absolute atomic E-state index is 0. The number of carbonyl (C=O) groups is 1. The van der Waals surface area contributed by atoms with Crippen LogP contribution >= 0.6 is 12.4 Å². The summed E-state index contributed by atoms with van der Waals surface area (Å²) in [4.78, 5) is 12.6. The van der Waals surface area contributed by atoms with Gasteiger partial charge in [0.15, 0.2) is 0 Å². The monoisotopic (exact) mass is 368 g/mol. The van der Waals surface area contributed by atoms with Crippen LogP contribution in [0.3, 0.4) is 0 Å². The van der Waals surface area contributed by atoms with Crippen molar-refractivity contribution in [3.63, 3.8) is 0 Å². The van der Waals surface area contributed by atoms with Gasteiger partial charge in [-0.05, 0) is 39.2 Å². The third kappa shape index (κ3) is 4.61. The molecule has 2 rings (SSSR count). The quantitative estimate of drug-likeness (QED) is 0.728. The van der Waals surface area contributed by atoms with E-state index in [-0.39, 0.29) is 18.3 Å². The minimum atomic E-state index is -0.434. The smallest absolute Gasteiger partial charge is 0.269 e. The highest BCUT2D eigenvalue weighted by molar-refractivity contribution is 5.94. The summed E-state index contributed by atoms with van der Waals surface area (Å²) in [5.74, 6) is 0.249. The van der Waals surface area contributed by atoms with Gasteiger partial charge in [0.2, 0.25) is 0 Å². The summed E-state index contributed by atoms with van der Waals surface area (Å²) in [7, 11) is 1.89. The Morgan fingerprint density at radius 2 is 2.08 bits per heavy atom. The van der Waals surface area contributed by atoms with Crippen molar-refractivity contribution in [1.29, 1.82) is 0 Å². The Kier molecular flexibility index (Phi) is 6.79. The number of aryl methyl sites for hydroxylation is 2. The van der Waals surface area contributed by atoms with Crippen LogP contribution in [0.4, 0.5) is 0 Å². The van der Waals surface area contributed by atoms with Crippen LogP contribution in [-0.4, -0.2) is 38.0 Å². The largest absolute Gasteiger partial charge is 0.344 e. The maximum Gasteiger partial charge on any atom is 0.269 e. The lowest BCUT2D eigenvalue weighted by Gasteiger charge is -2.30. The van der Waals surface area contributed by atoms with Gasteiger partial charge in [-0.15, -0.1) is 12.4 Å². The summed E-state index contributed by atoms with van der Waals surface area (Å²) in [5.41, 5.74) is 9.44. The molecule has 140 valence electrons. The van der Waals surface area contributed by atoms with Crippen LogP contribution in [0, 0.1) is 19.8 Å². The first kappa shape index (κ1) is 21.2. The Labute approximate surface area is 155 Å². The van der Waals surface area contributed by atoms with Crippen molar-refractivity contribution >= 4 is 18.3 Å². The summed E-state index contributed by atoms with van der Waals surface area (Å²) >= 11 is 0. The molecule has 0 spiro atoms. The molecule has 0 fully saturated rings. The lowest BCUT2D eigenvalue weighted by molar-refractivity contribution is 0.0893. The lowest BCUT2D eigenvalue weighted by atomic mass is 9.90. The summed E-state index contributed by atoms with van der Waals surface area (Å²) in [6.07, 6.45) is 0.817. The van der Waals surface area contributed by atoms with E-state index in [1.165, 1.54) is 0 Å². The molecule has 2 heterocycles. The molecule has 8 heteroatoms. The summed E-state index contributed by atoms with van der Waals surface area (Å²) in [6, 6.07) is 1.76. The fourth-order valence-corrected chi connectivity index (χ4v) is 3.14. The van der Waals surface area contributed by atoms with Crippen LogP contribution in [0.2, 0.25) is 0 Å². The number of aromatic nitrogens is 4. The Hall–Kier alpha value is -1.86. The molecule has 0 aliphatic rings. The molecule has 4 N–H and O–H groups in total. The Morgan fingerprint density at radius 1 is 1.44 bits per heavy atom. The standard InChI is InChI=1S/C17H28N6O.ClH/c1-10(2)8-17(5,9-18)19-16(24)14-7-13(20-21-14)15-11(3)22-23(6)12(15)4;/h7,10H,8-9,18H2,1-6H3,(H,19,24)(H,20,21);1H. The zero-order chi connectivity index (χ0) is 18.1. The Morgan fingerprint density at radius 3 is 2.56 bits per heavy atom. The van der Waals surface area contributed by atoms with Gasteiger partial charge >= 0.3 is 0 Å². The average molecular weight is 369 g/mol. The van der Waals surface area contributed by atoms with E-state index >= 15 is 0 Å². The molecule has 1 amide bonds. The molecule has 0 aliphatic heterocycles. The van der Waals surface area contributed by atoms with Crippen molar-refractivity contribution in [3.05, 3.63) is 23.1 Å². The van der Waals surface area contributed by atoms with Gasteiger partial charge < -0.3 is 11.1 Å². The normalized spacial score (nSPS) is 13.4. The van der Waals surface area contributed by atoms with Crippen LogP contribution in [0.15, 0.2) is 6.07 Å². The summed E-state index contributed by atoms with van der Waals surface area (Å²) in [6.45, 7) is 10.5. The van der Waals surface area contributed by atoms with Crippen LogP contribution in [0.1, 0.15) is 49.1 Å². The maximum absolute atomic E-state index is 12.6. The fourth-order valence-electron chi connectivity index (χ4n) is 3.14. The van der Waals surface area contributed by atoms with Crippen molar-refractivity contribution < 1.29 is 4.79 Å². The number of nitrogens with one attached hydrogen (secondary N) is 2. The molecular weight excluding hydrogens is 340 g/mol. The number of hydrogen-bond donors (Lipinski definition) is 3. The molecule has 1 atom stereocenters. The van der Waals surface area contributed by atoms with E-state index < -0.39 is 5.54 Å². The van der Waals surface area contributed by atoms with E-state index in [1.54, 1.807) is 6.07 Å². The second-order valence-electron chi connectivity index (χ2n) is 7.15. The van der Waals surface area contributed by atoms with Crippen molar-refractivity contribution in [1.82, 2.24) is 25.3 Å². The minimum Gasteiger partial charge on any atom is -0.344 e. The third-order valence-electron chi connectivity index (χ3n) is 4.31. The predicted molar refractivity (Wildman–Crippen MR) is 102 cm³/mol. The summed E-state index contributed by atoms with van der Waals surface area (Å²) in [5, 5.41) is 14.5. The molecule has 7 nitrogen and oxygen atoms in total. The molecule has 2 aromatic rings. The number of halogens is 1. The highest BCUT2D eigenvalue weighted by Gasteiger charge is 2.27. The van der Waals surface area contributed by atoms with Crippen LogP contribution in [-0.2, 0) is 7.05 Å². The third-order valence-corrected chi connectivity index (χ3v) is 4.31. The number of nitrogens with zero attached hydrogens (tertiary/aromatic N) is 3. The molecule has 25 heavy (non-hydrogen) atoms. The SMILES string of the molecule is Cc1nn(C)c(C)c1-c1cc(C(=O)NC(C)(CN)CC(C)C)[nH]n1.Cl. The number of hydrogen-bond acceptors (Lipinski definition) is 4. The van der Waals surface area contributed by atoms with E-state index in [4.69, 9.17) is 5.73 Å².